The Labute approximate surface area is 158 Å². The highest BCUT2D eigenvalue weighted by atomic mass is 127. The van der Waals surface area contributed by atoms with Crippen LogP contribution in [0, 0.1) is 0 Å². The fourth-order valence-electron chi connectivity index (χ4n) is 2.15. The lowest BCUT2D eigenvalue weighted by Crippen LogP contribution is -2.39. The summed E-state index contributed by atoms with van der Waals surface area (Å²) in [6.07, 6.45) is 4.10. The van der Waals surface area contributed by atoms with E-state index >= 15 is 0 Å². The number of allylic oxidation sites excluding steroid dienone is 1. The lowest BCUT2D eigenvalue weighted by Gasteiger charge is -2.22. The Bertz CT molecular complexity index is 486. The predicted molar refractivity (Wildman–Crippen MR) is 113 cm³/mol. The first-order chi connectivity index (χ1) is 10.6. The molecular weight excluding hydrogens is 399 g/mol. The third-order valence-electron chi connectivity index (χ3n) is 3.44. The number of nitrogens with one attached hydrogen (secondary N) is 1. The van der Waals surface area contributed by atoms with Gasteiger partial charge in [-0.3, -0.25) is 0 Å². The monoisotopic (exact) mass is 430 g/mol. The number of nitrogens with zero attached hydrogens (tertiary/aromatic N) is 3. The Morgan fingerprint density at radius 3 is 2.65 bits per heavy atom. The van der Waals surface area contributed by atoms with Gasteiger partial charge in [0.2, 0.25) is 0 Å². The first-order valence-electron chi connectivity index (χ1n) is 7.95. The van der Waals surface area contributed by atoms with Crippen molar-refractivity contribution in [3.05, 3.63) is 42.5 Å². The summed E-state index contributed by atoms with van der Waals surface area (Å²) in [6, 6.07) is 8.50. The third-order valence-corrected chi connectivity index (χ3v) is 3.44. The predicted octanol–water partition coefficient (Wildman–Crippen LogP) is 3.73. The lowest BCUT2D eigenvalue weighted by atomic mass is 10.2. The molecule has 23 heavy (non-hydrogen) atoms. The molecule has 0 heterocycles. The molecular formula is C18H31IN4. The Morgan fingerprint density at radius 1 is 1.30 bits per heavy atom. The second-order valence-electron chi connectivity index (χ2n) is 5.59. The van der Waals surface area contributed by atoms with Crippen molar-refractivity contribution >= 4 is 35.6 Å². The van der Waals surface area contributed by atoms with Gasteiger partial charge in [0.1, 0.15) is 0 Å². The van der Waals surface area contributed by atoms with Gasteiger partial charge in [-0.1, -0.05) is 18.2 Å². The van der Waals surface area contributed by atoms with Crippen molar-refractivity contribution in [3.8, 4) is 0 Å². The highest BCUT2D eigenvalue weighted by molar-refractivity contribution is 14.0. The van der Waals surface area contributed by atoms with E-state index in [0.717, 1.165) is 31.9 Å². The first kappa shape index (κ1) is 21.8. The van der Waals surface area contributed by atoms with Gasteiger partial charge in [0, 0.05) is 39.9 Å². The van der Waals surface area contributed by atoms with Crippen LogP contribution in [0.25, 0.3) is 0 Å². The maximum Gasteiger partial charge on any atom is 0.193 e. The molecule has 0 fully saturated rings. The second kappa shape index (κ2) is 12.2. The number of rotatable bonds is 8. The summed E-state index contributed by atoms with van der Waals surface area (Å²) in [5, 5.41) is 3.36. The molecule has 0 aliphatic heterocycles. The van der Waals surface area contributed by atoms with Crippen LogP contribution >= 0.6 is 24.0 Å². The van der Waals surface area contributed by atoms with Gasteiger partial charge in [0.25, 0.3) is 0 Å². The van der Waals surface area contributed by atoms with Crippen molar-refractivity contribution in [2.75, 3.05) is 39.1 Å². The molecule has 0 atom stereocenters. The number of anilines is 1. The smallest absolute Gasteiger partial charge is 0.193 e. The Morgan fingerprint density at radius 2 is 2.04 bits per heavy atom. The van der Waals surface area contributed by atoms with Crippen molar-refractivity contribution in [2.45, 2.75) is 26.3 Å². The summed E-state index contributed by atoms with van der Waals surface area (Å²) in [5.74, 6) is 0.960. The minimum Gasteiger partial charge on any atom is -0.378 e. The molecule has 0 unspecified atom stereocenters. The van der Waals surface area contributed by atoms with E-state index in [0.29, 0.717) is 6.54 Å². The van der Waals surface area contributed by atoms with Gasteiger partial charge >= 0.3 is 0 Å². The standard InChI is InChI=1S/C18H30N4.HI/c1-6-8-9-13-22(5)18(19-7-2)20-15-16-11-10-12-17(14-16)21(3)4;/h6,10-12,14H,1,7-9,13,15H2,2-5H3,(H,19,20);1H. The highest BCUT2D eigenvalue weighted by Crippen LogP contribution is 2.14. The Balaban J connectivity index is 0.00000484. The van der Waals surface area contributed by atoms with E-state index in [1.807, 2.05) is 6.08 Å². The van der Waals surface area contributed by atoms with Crippen LogP contribution in [0.2, 0.25) is 0 Å². The molecule has 1 aromatic rings. The fourth-order valence-corrected chi connectivity index (χ4v) is 2.15. The van der Waals surface area contributed by atoms with Crippen LogP contribution in [0.4, 0.5) is 5.69 Å². The average Bonchev–Trinajstić information content (AvgIpc) is 2.51. The summed E-state index contributed by atoms with van der Waals surface area (Å²) in [4.78, 5) is 9.04. The van der Waals surface area contributed by atoms with Crippen LogP contribution < -0.4 is 10.2 Å². The summed E-state index contributed by atoms with van der Waals surface area (Å²) < 4.78 is 0. The maximum atomic E-state index is 4.75. The third kappa shape index (κ3) is 8.25. The summed E-state index contributed by atoms with van der Waals surface area (Å²) in [5.41, 5.74) is 2.43. The van der Waals surface area contributed by atoms with Crippen LogP contribution in [-0.4, -0.2) is 45.1 Å². The summed E-state index contributed by atoms with van der Waals surface area (Å²) in [7, 11) is 6.19. The van der Waals surface area contributed by atoms with Gasteiger partial charge in [0.15, 0.2) is 5.96 Å². The molecule has 0 saturated carbocycles. The van der Waals surface area contributed by atoms with Crippen molar-refractivity contribution in [1.29, 1.82) is 0 Å². The molecule has 1 N–H and O–H groups in total. The molecule has 0 saturated heterocycles. The zero-order valence-electron chi connectivity index (χ0n) is 14.9. The van der Waals surface area contributed by atoms with Gasteiger partial charge in [-0.15, -0.1) is 30.6 Å². The molecule has 0 amide bonds. The topological polar surface area (TPSA) is 30.9 Å². The SMILES string of the molecule is C=CCCCN(C)C(=NCc1cccc(N(C)C)c1)NCC.I. The number of unbranched alkanes of at least 4 members (excludes halogenated alkanes) is 1. The normalized spacial score (nSPS) is 10.7. The first-order valence-corrected chi connectivity index (χ1v) is 7.95. The molecule has 0 bridgehead atoms. The molecule has 1 aromatic carbocycles. The molecule has 5 heteroatoms. The molecule has 130 valence electrons. The van der Waals surface area contributed by atoms with E-state index in [1.54, 1.807) is 0 Å². The van der Waals surface area contributed by atoms with E-state index < -0.39 is 0 Å². The van der Waals surface area contributed by atoms with Gasteiger partial charge in [-0.2, -0.15) is 0 Å². The van der Waals surface area contributed by atoms with Crippen LogP contribution in [-0.2, 0) is 6.54 Å². The molecule has 1 rings (SSSR count). The molecule has 0 radical (unpaired) electrons. The van der Waals surface area contributed by atoms with Crippen LogP contribution in [0.3, 0.4) is 0 Å². The van der Waals surface area contributed by atoms with Crippen LogP contribution in [0.1, 0.15) is 25.3 Å². The minimum atomic E-state index is 0. The number of aliphatic imine (C=N–C) groups is 1. The van der Waals surface area contributed by atoms with Gasteiger partial charge in [0.05, 0.1) is 6.54 Å². The summed E-state index contributed by atoms with van der Waals surface area (Å²) >= 11 is 0. The lowest BCUT2D eigenvalue weighted by molar-refractivity contribution is 0.470. The van der Waals surface area contributed by atoms with Gasteiger partial charge < -0.3 is 15.1 Å². The van der Waals surface area contributed by atoms with Crippen molar-refractivity contribution in [1.82, 2.24) is 10.2 Å². The average molecular weight is 430 g/mol. The van der Waals surface area contributed by atoms with Crippen molar-refractivity contribution in [2.24, 2.45) is 4.99 Å². The number of hydrogen-bond donors (Lipinski definition) is 1. The minimum absolute atomic E-state index is 0. The zero-order valence-corrected chi connectivity index (χ0v) is 17.2. The summed E-state index contributed by atoms with van der Waals surface area (Å²) in [6.45, 7) is 8.42. The van der Waals surface area contributed by atoms with E-state index in [2.05, 4.69) is 74.0 Å². The Kier molecular flexibility index (Phi) is 11.6. The maximum absolute atomic E-state index is 4.75. The number of hydrogen-bond acceptors (Lipinski definition) is 2. The van der Waals surface area contributed by atoms with Crippen molar-refractivity contribution in [3.63, 3.8) is 0 Å². The molecule has 0 aromatic heterocycles. The van der Waals surface area contributed by atoms with E-state index in [-0.39, 0.29) is 24.0 Å². The number of halogens is 1. The highest BCUT2D eigenvalue weighted by Gasteiger charge is 2.05. The van der Waals surface area contributed by atoms with Crippen LogP contribution in [0.15, 0.2) is 41.9 Å². The number of benzene rings is 1. The largest absolute Gasteiger partial charge is 0.378 e. The fraction of sp³-hybridized carbons (Fsp3) is 0.500. The quantitative estimate of drug-likeness (QED) is 0.224. The second-order valence-corrected chi connectivity index (χ2v) is 5.59. The molecule has 0 spiro atoms. The molecule has 4 nitrogen and oxygen atoms in total. The van der Waals surface area contributed by atoms with Crippen LogP contribution in [0.5, 0.6) is 0 Å². The molecule has 0 aliphatic carbocycles. The zero-order chi connectivity index (χ0) is 16.4. The van der Waals surface area contributed by atoms with Gasteiger partial charge in [-0.05, 0) is 37.5 Å². The van der Waals surface area contributed by atoms with Crippen molar-refractivity contribution < 1.29 is 0 Å². The van der Waals surface area contributed by atoms with E-state index in [4.69, 9.17) is 4.99 Å². The number of guanidine groups is 1. The van der Waals surface area contributed by atoms with E-state index in [1.165, 1.54) is 11.3 Å². The Hall–Kier alpha value is -1.24. The van der Waals surface area contributed by atoms with Gasteiger partial charge in [-0.25, -0.2) is 4.99 Å². The van der Waals surface area contributed by atoms with E-state index in [9.17, 15) is 0 Å². The molecule has 0 aliphatic rings.